The molecular formula is C25H22BrN3O2. The second kappa shape index (κ2) is 8.12. The average molecular weight is 476 g/mol. The van der Waals surface area contributed by atoms with Gasteiger partial charge in [-0.15, -0.1) is 0 Å². The minimum absolute atomic E-state index is 0.122. The van der Waals surface area contributed by atoms with E-state index >= 15 is 0 Å². The fourth-order valence-corrected chi connectivity index (χ4v) is 4.75. The van der Waals surface area contributed by atoms with Gasteiger partial charge >= 0.3 is 6.03 Å². The highest BCUT2D eigenvalue weighted by molar-refractivity contribution is 9.10. The van der Waals surface area contributed by atoms with Crippen LogP contribution in [0.25, 0.3) is 10.9 Å². The average Bonchev–Trinajstić information content (AvgIpc) is 3.17. The molecule has 0 fully saturated rings. The van der Waals surface area contributed by atoms with Crippen LogP contribution < -0.4 is 10.1 Å². The first kappa shape index (κ1) is 19.7. The number of nitrogens with one attached hydrogen (secondary N) is 2. The van der Waals surface area contributed by atoms with Gasteiger partial charge in [0.15, 0.2) is 0 Å². The number of aromatic amines is 1. The second-order valence-electron chi connectivity index (χ2n) is 7.62. The van der Waals surface area contributed by atoms with E-state index in [1.165, 1.54) is 10.9 Å². The molecule has 1 aromatic heterocycles. The number of carbonyl (C=O) groups excluding carboxylic acids is 1. The Balaban J connectivity index is 1.57. The molecule has 0 saturated carbocycles. The van der Waals surface area contributed by atoms with Gasteiger partial charge in [-0.25, -0.2) is 4.79 Å². The Labute approximate surface area is 189 Å². The lowest BCUT2D eigenvalue weighted by Crippen LogP contribution is -2.43. The van der Waals surface area contributed by atoms with E-state index in [0.29, 0.717) is 6.54 Å². The van der Waals surface area contributed by atoms with Crippen LogP contribution in [0.5, 0.6) is 5.75 Å². The zero-order chi connectivity index (χ0) is 21.4. The Morgan fingerprint density at radius 1 is 1.10 bits per heavy atom. The van der Waals surface area contributed by atoms with Crippen molar-refractivity contribution in [2.75, 3.05) is 19.0 Å². The second-order valence-corrected chi connectivity index (χ2v) is 8.54. The van der Waals surface area contributed by atoms with Gasteiger partial charge in [0.2, 0.25) is 0 Å². The first-order valence-electron chi connectivity index (χ1n) is 10.2. The molecule has 2 amide bonds. The summed E-state index contributed by atoms with van der Waals surface area (Å²) in [5, 5.41) is 4.28. The molecule has 1 aliphatic heterocycles. The third-order valence-corrected chi connectivity index (χ3v) is 6.30. The predicted molar refractivity (Wildman–Crippen MR) is 127 cm³/mol. The molecule has 0 saturated heterocycles. The highest BCUT2D eigenvalue weighted by Crippen LogP contribution is 2.39. The molecule has 1 unspecified atom stereocenters. The number of ether oxygens (including phenoxy) is 1. The number of benzene rings is 3. The summed E-state index contributed by atoms with van der Waals surface area (Å²) in [7, 11) is 1.66. The van der Waals surface area contributed by atoms with Gasteiger partial charge in [0, 0.05) is 33.3 Å². The first-order valence-corrected chi connectivity index (χ1v) is 11.0. The predicted octanol–water partition coefficient (Wildman–Crippen LogP) is 6.12. The molecule has 1 atom stereocenters. The van der Waals surface area contributed by atoms with E-state index in [-0.39, 0.29) is 12.1 Å². The molecule has 4 aromatic rings. The molecule has 31 heavy (non-hydrogen) atoms. The van der Waals surface area contributed by atoms with Crippen LogP contribution in [0, 0.1) is 0 Å². The maximum Gasteiger partial charge on any atom is 0.322 e. The molecule has 2 N–H and O–H groups in total. The van der Waals surface area contributed by atoms with Gasteiger partial charge in [-0.2, -0.15) is 0 Å². The van der Waals surface area contributed by atoms with Crippen LogP contribution in [0.2, 0.25) is 0 Å². The molecule has 5 nitrogen and oxygen atoms in total. The fraction of sp³-hybridized carbons (Fsp3) is 0.160. The smallest absolute Gasteiger partial charge is 0.322 e. The van der Waals surface area contributed by atoms with E-state index in [1.54, 1.807) is 7.11 Å². The number of hydrogen-bond acceptors (Lipinski definition) is 2. The third-order valence-electron chi connectivity index (χ3n) is 5.80. The normalized spacial score (nSPS) is 15.5. The maximum absolute atomic E-state index is 13.4. The highest BCUT2D eigenvalue weighted by atomic mass is 79.9. The van der Waals surface area contributed by atoms with Crippen LogP contribution in [0.3, 0.4) is 0 Å². The van der Waals surface area contributed by atoms with Crippen LogP contribution in [-0.4, -0.2) is 29.6 Å². The van der Waals surface area contributed by atoms with E-state index < -0.39 is 0 Å². The van der Waals surface area contributed by atoms with Crippen molar-refractivity contribution in [3.05, 3.63) is 94.1 Å². The number of anilines is 1. The minimum Gasteiger partial charge on any atom is -0.497 e. The molecule has 2 heterocycles. The van der Waals surface area contributed by atoms with E-state index in [2.05, 4.69) is 44.4 Å². The van der Waals surface area contributed by atoms with E-state index in [1.807, 2.05) is 59.5 Å². The molecule has 6 heteroatoms. The molecule has 0 bridgehead atoms. The first-order chi connectivity index (χ1) is 15.1. The number of H-pyrrole nitrogens is 1. The van der Waals surface area contributed by atoms with E-state index in [9.17, 15) is 4.79 Å². The summed E-state index contributed by atoms with van der Waals surface area (Å²) in [4.78, 5) is 18.9. The van der Waals surface area contributed by atoms with Gasteiger partial charge in [-0.1, -0.05) is 52.3 Å². The number of hydrogen-bond donors (Lipinski definition) is 2. The summed E-state index contributed by atoms with van der Waals surface area (Å²) in [5.41, 5.74) is 5.25. The zero-order valence-corrected chi connectivity index (χ0v) is 18.6. The number of rotatable bonds is 3. The Bertz CT molecular complexity index is 1250. The van der Waals surface area contributed by atoms with Crippen molar-refractivity contribution in [1.29, 1.82) is 0 Å². The van der Waals surface area contributed by atoms with Gasteiger partial charge in [-0.05, 0) is 53.9 Å². The van der Waals surface area contributed by atoms with Crippen molar-refractivity contribution < 1.29 is 9.53 Å². The number of fused-ring (bicyclic) bond motifs is 3. The van der Waals surface area contributed by atoms with E-state index in [4.69, 9.17) is 4.74 Å². The zero-order valence-electron chi connectivity index (χ0n) is 17.1. The van der Waals surface area contributed by atoms with Crippen LogP contribution in [-0.2, 0) is 6.42 Å². The number of carbonyl (C=O) groups is 1. The lowest BCUT2D eigenvalue weighted by molar-refractivity contribution is 0.193. The quantitative estimate of drug-likeness (QED) is 0.375. The third kappa shape index (κ3) is 3.68. The minimum atomic E-state index is -0.214. The van der Waals surface area contributed by atoms with Crippen molar-refractivity contribution in [1.82, 2.24) is 9.88 Å². The molecule has 0 spiro atoms. The number of para-hydroxylation sites is 1. The van der Waals surface area contributed by atoms with Crippen LogP contribution in [0.1, 0.15) is 22.9 Å². The van der Waals surface area contributed by atoms with Crippen molar-refractivity contribution in [2.45, 2.75) is 12.5 Å². The van der Waals surface area contributed by atoms with Gasteiger partial charge in [0.25, 0.3) is 0 Å². The molecule has 156 valence electrons. The highest BCUT2D eigenvalue weighted by Gasteiger charge is 2.34. The molecule has 1 aliphatic rings. The lowest BCUT2D eigenvalue weighted by atomic mass is 9.92. The summed E-state index contributed by atoms with van der Waals surface area (Å²) in [6, 6.07) is 23.6. The van der Waals surface area contributed by atoms with Crippen LogP contribution in [0.15, 0.2) is 77.3 Å². The van der Waals surface area contributed by atoms with Crippen LogP contribution >= 0.6 is 15.9 Å². The SMILES string of the molecule is COc1ccc(C2c3[nH]c4ccccc4c3CCN2C(=O)Nc2cccc(Br)c2)cc1. The Morgan fingerprint density at radius 2 is 1.90 bits per heavy atom. The number of aromatic nitrogens is 1. The molecule has 0 radical (unpaired) electrons. The number of urea groups is 1. The Hall–Kier alpha value is -3.25. The molecular weight excluding hydrogens is 454 g/mol. The summed E-state index contributed by atoms with van der Waals surface area (Å²) in [5.74, 6) is 0.793. The number of nitrogens with zero attached hydrogens (tertiary/aromatic N) is 1. The topological polar surface area (TPSA) is 57.4 Å². The van der Waals surface area contributed by atoms with Gasteiger partial charge in [0.05, 0.1) is 13.2 Å². The molecule has 3 aromatic carbocycles. The summed E-state index contributed by atoms with van der Waals surface area (Å²) >= 11 is 3.47. The molecule has 0 aliphatic carbocycles. The van der Waals surface area contributed by atoms with Crippen molar-refractivity contribution >= 4 is 38.6 Å². The summed E-state index contributed by atoms with van der Waals surface area (Å²) in [6.07, 6.45) is 0.803. The number of amides is 2. The summed E-state index contributed by atoms with van der Waals surface area (Å²) in [6.45, 7) is 0.630. The fourth-order valence-electron chi connectivity index (χ4n) is 4.35. The Kier molecular flexibility index (Phi) is 5.16. The number of methoxy groups -OCH3 is 1. The summed E-state index contributed by atoms with van der Waals surface area (Å²) < 4.78 is 6.26. The van der Waals surface area contributed by atoms with Crippen LogP contribution in [0.4, 0.5) is 10.5 Å². The van der Waals surface area contributed by atoms with E-state index in [0.717, 1.165) is 39.1 Å². The number of halogens is 1. The van der Waals surface area contributed by atoms with Gasteiger partial charge in [0.1, 0.15) is 5.75 Å². The van der Waals surface area contributed by atoms with Crippen molar-refractivity contribution in [2.24, 2.45) is 0 Å². The molecule has 5 rings (SSSR count). The lowest BCUT2D eigenvalue weighted by Gasteiger charge is -2.36. The Morgan fingerprint density at radius 3 is 2.68 bits per heavy atom. The van der Waals surface area contributed by atoms with Crippen molar-refractivity contribution in [3.63, 3.8) is 0 Å². The monoisotopic (exact) mass is 475 g/mol. The van der Waals surface area contributed by atoms with Gasteiger partial charge in [-0.3, -0.25) is 0 Å². The largest absolute Gasteiger partial charge is 0.497 e. The van der Waals surface area contributed by atoms with Crippen molar-refractivity contribution in [3.8, 4) is 5.75 Å². The van der Waals surface area contributed by atoms with Gasteiger partial charge < -0.3 is 19.9 Å². The maximum atomic E-state index is 13.4. The standard InChI is InChI=1S/C25H22BrN3O2/c1-31-19-11-9-16(10-12-19)24-23-21(20-7-2-3-8-22(20)28-23)13-14-29(24)25(30)27-18-6-4-5-17(26)15-18/h2-12,15,24,28H,13-14H2,1H3,(H,27,30).